The number of nitrogens with one attached hydrogen (secondary N) is 1. The zero-order chi connectivity index (χ0) is 21.8. The van der Waals surface area contributed by atoms with E-state index < -0.39 is 5.54 Å². The molecule has 29 heavy (non-hydrogen) atoms. The minimum Gasteiger partial charge on any atom is -0.463 e. The largest absolute Gasteiger partial charge is 0.463 e. The number of carbonyl (C=O) groups is 2. The van der Waals surface area contributed by atoms with E-state index in [0.29, 0.717) is 6.42 Å². The van der Waals surface area contributed by atoms with Crippen LogP contribution in [0.15, 0.2) is 12.2 Å². The highest BCUT2D eigenvalue weighted by Crippen LogP contribution is 2.11. The highest BCUT2D eigenvalue weighted by atomic mass is 16.5. The number of amides is 1. The van der Waals surface area contributed by atoms with Crippen LogP contribution in [0, 0.1) is 0 Å². The van der Waals surface area contributed by atoms with Gasteiger partial charge in [-0.05, 0) is 46.0 Å². The van der Waals surface area contributed by atoms with Crippen LogP contribution in [0.4, 0.5) is 0 Å². The third kappa shape index (κ3) is 19.7. The molecule has 1 amide bonds. The molecule has 0 saturated heterocycles. The summed E-state index contributed by atoms with van der Waals surface area (Å²) in [6, 6.07) is 0. The summed E-state index contributed by atoms with van der Waals surface area (Å²) in [5, 5.41) is 2.74. The first-order chi connectivity index (χ1) is 13.9. The molecule has 0 aliphatic carbocycles. The predicted octanol–water partition coefficient (Wildman–Crippen LogP) is 5.42. The van der Waals surface area contributed by atoms with Gasteiger partial charge < -0.3 is 15.8 Å². The number of esters is 1. The van der Waals surface area contributed by atoms with Gasteiger partial charge in [0.25, 0.3) is 0 Å². The molecule has 0 heterocycles. The second-order valence-electron chi connectivity index (χ2n) is 8.63. The summed E-state index contributed by atoms with van der Waals surface area (Å²) < 4.78 is 5.27. The summed E-state index contributed by atoms with van der Waals surface area (Å²) in [7, 11) is 0. The van der Waals surface area contributed by atoms with E-state index >= 15 is 0 Å². The zero-order valence-electron chi connectivity index (χ0n) is 19.3. The Labute approximate surface area is 179 Å². The molecule has 5 heteroatoms. The minimum absolute atomic E-state index is 0.0632. The quantitative estimate of drug-likeness (QED) is 0.169. The molecule has 0 saturated carbocycles. The van der Waals surface area contributed by atoms with Crippen molar-refractivity contribution in [3.05, 3.63) is 12.2 Å². The van der Waals surface area contributed by atoms with Crippen molar-refractivity contribution in [2.75, 3.05) is 13.2 Å². The summed E-state index contributed by atoms with van der Waals surface area (Å²) in [4.78, 5) is 23.1. The maximum atomic E-state index is 11.8. The average Bonchev–Trinajstić information content (AvgIpc) is 2.69. The Bertz CT molecular complexity index is 447. The van der Waals surface area contributed by atoms with Crippen molar-refractivity contribution >= 4 is 11.9 Å². The van der Waals surface area contributed by atoms with E-state index in [1.807, 2.05) is 13.8 Å². The van der Waals surface area contributed by atoms with E-state index in [9.17, 15) is 9.59 Å². The molecule has 0 aromatic carbocycles. The maximum Gasteiger partial charge on any atom is 0.305 e. The number of allylic oxidation sites excluding steroid dienone is 2. The first-order valence-electron chi connectivity index (χ1n) is 11.7. The summed E-state index contributed by atoms with van der Waals surface area (Å²) >= 11 is 0. The highest BCUT2D eigenvalue weighted by molar-refractivity contribution is 5.78. The lowest BCUT2D eigenvalue weighted by atomic mass is 10.1. The van der Waals surface area contributed by atoms with Crippen LogP contribution in [0.1, 0.15) is 111 Å². The van der Waals surface area contributed by atoms with Gasteiger partial charge in [-0.3, -0.25) is 9.59 Å². The van der Waals surface area contributed by atoms with Crippen LogP contribution in [0.2, 0.25) is 0 Å². The Kier molecular flexibility index (Phi) is 17.8. The molecule has 0 aliphatic rings. The molecule has 0 aliphatic heterocycles. The Morgan fingerprint density at radius 3 is 1.93 bits per heavy atom. The minimum atomic E-state index is -0.589. The number of nitrogens with two attached hydrogens (primary N) is 1. The van der Waals surface area contributed by atoms with Crippen LogP contribution >= 0.6 is 0 Å². The van der Waals surface area contributed by atoms with Gasteiger partial charge in [-0.1, -0.05) is 70.4 Å². The van der Waals surface area contributed by atoms with E-state index in [0.717, 1.165) is 19.3 Å². The summed E-state index contributed by atoms with van der Waals surface area (Å²) in [5.74, 6) is -0.444. The van der Waals surface area contributed by atoms with Gasteiger partial charge in [0.2, 0.25) is 5.91 Å². The van der Waals surface area contributed by atoms with Crippen LogP contribution in [0.5, 0.6) is 0 Å². The molecular weight excluding hydrogens is 364 g/mol. The van der Waals surface area contributed by atoms with Crippen molar-refractivity contribution < 1.29 is 14.3 Å². The fraction of sp³-hybridized carbons (Fsp3) is 0.833. The molecule has 0 aromatic rings. The van der Waals surface area contributed by atoms with Crippen LogP contribution in [-0.4, -0.2) is 30.6 Å². The second kappa shape index (κ2) is 18.7. The number of carbonyl (C=O) groups excluding carboxylic acids is 2. The third-order valence-corrected chi connectivity index (χ3v) is 4.90. The van der Waals surface area contributed by atoms with Gasteiger partial charge in [0.15, 0.2) is 0 Å². The number of rotatable bonds is 19. The summed E-state index contributed by atoms with van der Waals surface area (Å²) in [6.45, 7) is 5.99. The normalized spacial score (nSPS) is 11.7. The number of hydrogen-bond donors (Lipinski definition) is 2. The Hall–Kier alpha value is -1.36. The van der Waals surface area contributed by atoms with Gasteiger partial charge in [-0.15, -0.1) is 0 Å². The first kappa shape index (κ1) is 27.6. The maximum absolute atomic E-state index is 11.8. The van der Waals surface area contributed by atoms with Crippen LogP contribution in [0.3, 0.4) is 0 Å². The lowest BCUT2D eigenvalue weighted by Crippen LogP contribution is -2.49. The number of unbranched alkanes of at least 4 members (excludes halogenated alkanes) is 11. The highest BCUT2D eigenvalue weighted by Gasteiger charge is 2.21. The molecular formula is C24H46N2O3. The topological polar surface area (TPSA) is 81.4 Å². The van der Waals surface area contributed by atoms with E-state index in [4.69, 9.17) is 10.5 Å². The Balaban J connectivity index is 3.46. The summed E-state index contributed by atoms with van der Waals surface area (Å²) in [5.41, 5.74) is 4.69. The van der Waals surface area contributed by atoms with E-state index in [-0.39, 0.29) is 25.0 Å². The monoisotopic (exact) mass is 410 g/mol. The Morgan fingerprint density at radius 2 is 1.38 bits per heavy atom. The van der Waals surface area contributed by atoms with Crippen LogP contribution < -0.4 is 11.1 Å². The Morgan fingerprint density at radius 1 is 0.862 bits per heavy atom. The van der Waals surface area contributed by atoms with Gasteiger partial charge in [0, 0.05) is 6.42 Å². The smallest absolute Gasteiger partial charge is 0.305 e. The molecule has 0 unspecified atom stereocenters. The van der Waals surface area contributed by atoms with Gasteiger partial charge in [0.05, 0.1) is 12.1 Å². The van der Waals surface area contributed by atoms with Crippen molar-refractivity contribution in [1.82, 2.24) is 5.32 Å². The molecule has 5 nitrogen and oxygen atoms in total. The van der Waals surface area contributed by atoms with Gasteiger partial charge in [0.1, 0.15) is 6.61 Å². The van der Waals surface area contributed by atoms with Gasteiger partial charge in [-0.2, -0.15) is 0 Å². The fourth-order valence-electron chi connectivity index (χ4n) is 3.14. The SMILES string of the molecule is CCCCCCCC/C=C\CCCCCCCC(=O)OCC(C)(C)NC(=O)CN. The number of hydrogen-bond acceptors (Lipinski definition) is 4. The van der Waals surface area contributed by atoms with Crippen molar-refractivity contribution in [2.45, 2.75) is 116 Å². The molecule has 0 fully saturated rings. The van der Waals surface area contributed by atoms with Crippen LogP contribution in [-0.2, 0) is 14.3 Å². The predicted molar refractivity (Wildman–Crippen MR) is 122 cm³/mol. The molecule has 0 radical (unpaired) electrons. The lowest BCUT2D eigenvalue weighted by molar-refractivity contribution is -0.146. The number of ether oxygens (including phenoxy) is 1. The lowest BCUT2D eigenvalue weighted by Gasteiger charge is -2.25. The summed E-state index contributed by atoms with van der Waals surface area (Å²) in [6.07, 6.45) is 21.2. The molecule has 0 bridgehead atoms. The fourth-order valence-corrected chi connectivity index (χ4v) is 3.14. The van der Waals surface area contributed by atoms with E-state index in [2.05, 4.69) is 24.4 Å². The zero-order valence-corrected chi connectivity index (χ0v) is 19.3. The molecule has 3 N–H and O–H groups in total. The van der Waals surface area contributed by atoms with E-state index in [1.54, 1.807) is 0 Å². The van der Waals surface area contributed by atoms with E-state index in [1.165, 1.54) is 64.2 Å². The van der Waals surface area contributed by atoms with Crippen molar-refractivity contribution in [3.8, 4) is 0 Å². The molecule has 0 aromatic heterocycles. The van der Waals surface area contributed by atoms with Gasteiger partial charge >= 0.3 is 5.97 Å². The second-order valence-corrected chi connectivity index (χ2v) is 8.63. The van der Waals surface area contributed by atoms with Crippen molar-refractivity contribution in [1.29, 1.82) is 0 Å². The van der Waals surface area contributed by atoms with Gasteiger partial charge in [-0.25, -0.2) is 0 Å². The standard InChI is InChI=1S/C24H46N2O3/c1-4-5-6-7-8-9-10-11-12-13-14-15-16-17-18-19-23(28)29-21-24(2,3)26-22(27)20-25/h11-12H,4-10,13-21,25H2,1-3H3,(H,26,27)/b12-11-. The third-order valence-electron chi connectivity index (χ3n) is 4.90. The first-order valence-corrected chi connectivity index (χ1v) is 11.7. The van der Waals surface area contributed by atoms with Crippen molar-refractivity contribution in [3.63, 3.8) is 0 Å². The molecule has 0 atom stereocenters. The average molecular weight is 411 g/mol. The van der Waals surface area contributed by atoms with Crippen LogP contribution in [0.25, 0.3) is 0 Å². The van der Waals surface area contributed by atoms with Crippen molar-refractivity contribution in [2.24, 2.45) is 5.73 Å². The molecule has 0 spiro atoms. The molecule has 0 rings (SSSR count). The molecule has 170 valence electrons.